The number of aromatic nitrogens is 1. The predicted molar refractivity (Wildman–Crippen MR) is 56.7 cm³/mol. The monoisotopic (exact) mass is 205 g/mol. The number of hydrogen-bond donors (Lipinski definition) is 2. The summed E-state index contributed by atoms with van der Waals surface area (Å²) in [5, 5.41) is 0. The van der Waals surface area contributed by atoms with Crippen LogP contribution in [-0.2, 0) is 9.53 Å². The number of nitrogen functional groups attached to an aromatic ring is 2. The molecule has 1 heterocycles. The second-order valence-electron chi connectivity index (χ2n) is 2.84. The number of carbonyl (C=O) groups excluding carboxylic acids is 1. The van der Waals surface area contributed by atoms with Gasteiger partial charge in [0.05, 0.1) is 18.5 Å². The number of anilines is 2. The minimum atomic E-state index is -0.607. The van der Waals surface area contributed by atoms with Crippen LogP contribution in [0.5, 0.6) is 0 Å². The zero-order chi connectivity index (χ0) is 11.4. The molecular weight excluding hydrogens is 194 g/mol. The highest BCUT2D eigenvalue weighted by Gasteiger charge is 2.02. The van der Waals surface area contributed by atoms with Crippen LogP contribution in [0.25, 0.3) is 0 Å². The van der Waals surface area contributed by atoms with E-state index in [1.54, 1.807) is 13.0 Å². The lowest BCUT2D eigenvalue weighted by atomic mass is 10.2. The molecule has 78 valence electrons. The van der Waals surface area contributed by atoms with E-state index in [0.717, 1.165) is 0 Å². The van der Waals surface area contributed by atoms with E-state index < -0.39 is 5.97 Å². The average Bonchev–Trinajstić information content (AvgIpc) is 2.21. The van der Waals surface area contributed by atoms with Gasteiger partial charge in [-0.05, 0) is 13.0 Å². The van der Waals surface area contributed by atoms with Gasteiger partial charge in [0.15, 0.2) is 0 Å². The Morgan fingerprint density at radius 1 is 1.53 bits per heavy atom. The molecule has 0 aliphatic carbocycles. The fourth-order valence-corrected chi connectivity index (χ4v) is 0.935. The van der Waals surface area contributed by atoms with Gasteiger partial charge in [-0.2, -0.15) is 0 Å². The Bertz CT molecular complexity index is 458. The Kier molecular flexibility index (Phi) is 3.13. The third kappa shape index (κ3) is 2.61. The van der Waals surface area contributed by atoms with Crippen molar-refractivity contribution in [3.63, 3.8) is 0 Å². The van der Waals surface area contributed by atoms with Crippen molar-refractivity contribution < 1.29 is 9.53 Å². The van der Waals surface area contributed by atoms with E-state index >= 15 is 0 Å². The summed E-state index contributed by atoms with van der Waals surface area (Å²) in [6, 6.07) is 1.58. The molecule has 0 saturated heterocycles. The molecule has 0 bridgehead atoms. The van der Waals surface area contributed by atoms with Crippen molar-refractivity contribution in [2.24, 2.45) is 0 Å². The topological polar surface area (TPSA) is 91.2 Å². The summed E-state index contributed by atoms with van der Waals surface area (Å²) < 4.78 is 4.38. The highest BCUT2D eigenvalue weighted by Crippen LogP contribution is 2.15. The highest BCUT2D eigenvalue weighted by molar-refractivity contribution is 5.89. The first-order valence-electron chi connectivity index (χ1n) is 4.17. The van der Waals surface area contributed by atoms with E-state index in [1.807, 2.05) is 0 Å². The van der Waals surface area contributed by atoms with Crippen LogP contribution in [0.1, 0.15) is 11.3 Å². The second-order valence-corrected chi connectivity index (χ2v) is 2.84. The van der Waals surface area contributed by atoms with Crippen LogP contribution < -0.4 is 11.5 Å². The predicted octanol–water partition coefficient (Wildman–Crippen LogP) is 0.0789. The Morgan fingerprint density at radius 2 is 2.20 bits per heavy atom. The van der Waals surface area contributed by atoms with E-state index in [-0.39, 0.29) is 5.82 Å². The van der Waals surface area contributed by atoms with Crippen LogP contribution in [0.2, 0.25) is 0 Å². The molecule has 0 aliphatic heterocycles. The number of ether oxygens (including phenoxy) is 1. The maximum absolute atomic E-state index is 10.8. The second kappa shape index (κ2) is 4.33. The number of esters is 1. The van der Waals surface area contributed by atoms with Crippen molar-refractivity contribution in [2.75, 3.05) is 18.6 Å². The first-order chi connectivity index (χ1) is 7.04. The normalized spacial score (nSPS) is 8.93. The van der Waals surface area contributed by atoms with Gasteiger partial charge in [0.1, 0.15) is 5.82 Å². The van der Waals surface area contributed by atoms with Gasteiger partial charge in [-0.1, -0.05) is 5.92 Å². The summed E-state index contributed by atoms with van der Waals surface area (Å²) in [6.45, 7) is 1.73. The summed E-state index contributed by atoms with van der Waals surface area (Å²) in [7, 11) is 1.26. The molecule has 1 aromatic rings. The fraction of sp³-hybridized carbons (Fsp3) is 0.200. The van der Waals surface area contributed by atoms with E-state index in [0.29, 0.717) is 16.9 Å². The zero-order valence-corrected chi connectivity index (χ0v) is 8.50. The summed E-state index contributed by atoms with van der Waals surface area (Å²) in [4.78, 5) is 14.8. The molecule has 1 aromatic heterocycles. The van der Waals surface area contributed by atoms with Crippen LogP contribution in [0.4, 0.5) is 11.5 Å². The van der Waals surface area contributed by atoms with Gasteiger partial charge in [-0.15, -0.1) is 0 Å². The molecule has 0 atom stereocenters. The number of nitrogens with zero attached hydrogens (tertiary/aromatic N) is 1. The Morgan fingerprint density at radius 3 is 2.80 bits per heavy atom. The summed E-state index contributed by atoms with van der Waals surface area (Å²) >= 11 is 0. The van der Waals surface area contributed by atoms with Crippen molar-refractivity contribution in [1.29, 1.82) is 0 Å². The smallest absolute Gasteiger partial charge is 0.384 e. The summed E-state index contributed by atoms with van der Waals surface area (Å²) in [5.74, 6) is 4.55. The Hall–Kier alpha value is -2.22. The number of methoxy groups -OCH3 is 1. The van der Waals surface area contributed by atoms with Crippen LogP contribution >= 0.6 is 0 Å². The van der Waals surface area contributed by atoms with Gasteiger partial charge in [0.2, 0.25) is 0 Å². The number of rotatable bonds is 0. The molecule has 0 aliphatic rings. The fourth-order valence-electron chi connectivity index (χ4n) is 0.935. The van der Waals surface area contributed by atoms with Gasteiger partial charge >= 0.3 is 5.97 Å². The largest absolute Gasteiger partial charge is 0.459 e. The molecule has 5 heteroatoms. The van der Waals surface area contributed by atoms with Gasteiger partial charge < -0.3 is 16.2 Å². The minimum absolute atomic E-state index is 0.260. The molecule has 0 fully saturated rings. The van der Waals surface area contributed by atoms with Gasteiger partial charge in [-0.25, -0.2) is 9.78 Å². The van der Waals surface area contributed by atoms with Crippen LogP contribution in [0.15, 0.2) is 6.07 Å². The number of nitrogens with two attached hydrogens (primary N) is 2. The Labute approximate surface area is 87.4 Å². The number of pyridine rings is 1. The molecular formula is C10H11N3O2. The van der Waals surface area contributed by atoms with Crippen molar-refractivity contribution >= 4 is 17.5 Å². The standard InChI is InChI=1S/C10H11N3O2/c1-6-7(3-4-9(14)15-2)5-8(11)10(12)13-6/h5H,11H2,1-2H3,(H2,12,13). The third-order valence-corrected chi connectivity index (χ3v) is 1.76. The van der Waals surface area contributed by atoms with E-state index in [2.05, 4.69) is 21.6 Å². The SMILES string of the molecule is COC(=O)C#Cc1cc(N)c(N)nc1C. The quantitative estimate of drug-likeness (QED) is 0.462. The molecule has 0 aromatic carbocycles. The molecule has 0 unspecified atom stereocenters. The lowest BCUT2D eigenvalue weighted by molar-refractivity contribution is -0.133. The highest BCUT2D eigenvalue weighted by atomic mass is 16.5. The zero-order valence-electron chi connectivity index (χ0n) is 8.50. The Balaban J connectivity index is 3.09. The summed E-state index contributed by atoms with van der Waals surface area (Å²) in [6.07, 6.45) is 0. The number of aryl methyl sites for hydroxylation is 1. The molecule has 0 saturated carbocycles. The minimum Gasteiger partial charge on any atom is -0.459 e. The van der Waals surface area contributed by atoms with Gasteiger partial charge in [0, 0.05) is 11.5 Å². The molecule has 15 heavy (non-hydrogen) atoms. The maximum Gasteiger partial charge on any atom is 0.384 e. The molecule has 5 nitrogen and oxygen atoms in total. The molecule has 1 rings (SSSR count). The van der Waals surface area contributed by atoms with E-state index in [9.17, 15) is 4.79 Å². The van der Waals surface area contributed by atoms with Crippen molar-refractivity contribution in [3.8, 4) is 11.8 Å². The maximum atomic E-state index is 10.8. The van der Waals surface area contributed by atoms with Gasteiger partial charge in [0.25, 0.3) is 0 Å². The van der Waals surface area contributed by atoms with Gasteiger partial charge in [-0.3, -0.25) is 0 Å². The number of hydrogen-bond acceptors (Lipinski definition) is 5. The molecule has 0 amide bonds. The summed E-state index contributed by atoms with van der Waals surface area (Å²) in [5.41, 5.74) is 12.6. The molecule has 4 N–H and O–H groups in total. The third-order valence-electron chi connectivity index (χ3n) is 1.76. The van der Waals surface area contributed by atoms with Crippen LogP contribution in [0.3, 0.4) is 0 Å². The van der Waals surface area contributed by atoms with E-state index in [4.69, 9.17) is 11.5 Å². The average molecular weight is 205 g/mol. The van der Waals surface area contributed by atoms with Crippen LogP contribution in [-0.4, -0.2) is 18.1 Å². The first kappa shape index (κ1) is 10.9. The number of carbonyl (C=O) groups is 1. The van der Waals surface area contributed by atoms with Crippen molar-refractivity contribution in [1.82, 2.24) is 4.98 Å². The lowest BCUT2D eigenvalue weighted by Crippen LogP contribution is -2.01. The van der Waals surface area contributed by atoms with E-state index in [1.165, 1.54) is 7.11 Å². The first-order valence-corrected chi connectivity index (χ1v) is 4.17. The molecule has 0 spiro atoms. The van der Waals surface area contributed by atoms with Crippen molar-refractivity contribution in [2.45, 2.75) is 6.92 Å². The molecule has 0 radical (unpaired) electrons. The van der Waals surface area contributed by atoms with Crippen LogP contribution in [0, 0.1) is 18.8 Å². The lowest BCUT2D eigenvalue weighted by Gasteiger charge is -2.02. The van der Waals surface area contributed by atoms with Crippen molar-refractivity contribution in [3.05, 3.63) is 17.3 Å².